The predicted molar refractivity (Wildman–Crippen MR) is 118 cm³/mol. The minimum atomic E-state index is -4.84. The smallest absolute Gasteiger partial charge is 0.406 e. The summed E-state index contributed by atoms with van der Waals surface area (Å²) < 4.78 is 73.1. The molecule has 0 fully saturated rings. The van der Waals surface area contributed by atoms with Crippen LogP contribution >= 0.6 is 0 Å². The fourth-order valence-electron chi connectivity index (χ4n) is 2.72. The number of ether oxygens (including phenoxy) is 1. The standard InChI is InChI=1S/C20H20F3N5O5S/c21-20(22,23)33-15-4-1-3-13(11-15)17-12-18(26-19(25-17)24-9-2-10-29)28-27-14-5-7-16(8-6-14)34(30,31)32/h1,3-8,11-12,27,29H,2,9-10H2,(H,30,31,32)(H2,24,25,26,28). The number of benzene rings is 2. The molecular formula is C20H20F3N5O5S. The van der Waals surface area contributed by atoms with Crippen LogP contribution in [0.25, 0.3) is 11.3 Å². The number of hydrogen-bond acceptors (Lipinski definition) is 9. The molecule has 3 aromatic rings. The second-order valence-electron chi connectivity index (χ2n) is 6.79. The van der Waals surface area contributed by atoms with Crippen molar-refractivity contribution < 1.29 is 36.0 Å². The first-order valence-electron chi connectivity index (χ1n) is 9.73. The highest BCUT2D eigenvalue weighted by atomic mass is 32.2. The first-order valence-corrected chi connectivity index (χ1v) is 11.2. The summed E-state index contributed by atoms with van der Waals surface area (Å²) in [6.07, 6.45) is -4.42. The molecule has 182 valence electrons. The number of aliphatic hydroxyl groups is 1. The quantitative estimate of drug-likeness (QED) is 0.160. The van der Waals surface area contributed by atoms with Crippen LogP contribution in [0.2, 0.25) is 0 Å². The van der Waals surface area contributed by atoms with Gasteiger partial charge in [0.15, 0.2) is 5.82 Å². The second-order valence-corrected chi connectivity index (χ2v) is 8.21. The SMILES string of the molecule is O=S(=O)(O)c1ccc(NNc2cc(-c3cccc(OC(F)(F)F)c3)nc(NCCCO)n2)cc1. The van der Waals surface area contributed by atoms with Crippen LogP contribution in [0.1, 0.15) is 6.42 Å². The predicted octanol–water partition coefficient (Wildman–Crippen LogP) is 3.52. The maximum absolute atomic E-state index is 12.6. The third kappa shape index (κ3) is 7.47. The lowest BCUT2D eigenvalue weighted by Gasteiger charge is -2.14. The molecule has 1 aromatic heterocycles. The van der Waals surface area contributed by atoms with E-state index < -0.39 is 22.2 Å². The molecule has 34 heavy (non-hydrogen) atoms. The number of aliphatic hydroxyl groups excluding tert-OH is 1. The summed E-state index contributed by atoms with van der Waals surface area (Å²) in [6, 6.07) is 11.9. The third-order valence-electron chi connectivity index (χ3n) is 4.19. The molecule has 1 heterocycles. The van der Waals surface area contributed by atoms with Crippen LogP contribution in [0, 0.1) is 0 Å². The van der Waals surface area contributed by atoms with E-state index in [4.69, 9.17) is 9.66 Å². The molecule has 14 heteroatoms. The van der Waals surface area contributed by atoms with Crippen molar-refractivity contribution in [1.82, 2.24) is 9.97 Å². The summed E-state index contributed by atoms with van der Waals surface area (Å²) >= 11 is 0. The van der Waals surface area contributed by atoms with Gasteiger partial charge in [0.05, 0.1) is 16.3 Å². The topological polar surface area (TPSA) is 146 Å². The molecule has 10 nitrogen and oxygen atoms in total. The number of hydrogen-bond donors (Lipinski definition) is 5. The Bertz CT molecular complexity index is 1220. The lowest BCUT2D eigenvalue weighted by Crippen LogP contribution is -2.17. The van der Waals surface area contributed by atoms with Gasteiger partial charge in [-0.3, -0.25) is 15.4 Å². The van der Waals surface area contributed by atoms with Crippen LogP contribution in [0.5, 0.6) is 5.75 Å². The van der Waals surface area contributed by atoms with Crippen molar-refractivity contribution in [3.8, 4) is 17.0 Å². The molecule has 5 N–H and O–H groups in total. The molecule has 0 bridgehead atoms. The molecule has 0 spiro atoms. The number of aromatic nitrogens is 2. The highest BCUT2D eigenvalue weighted by Gasteiger charge is 2.31. The lowest BCUT2D eigenvalue weighted by molar-refractivity contribution is -0.274. The fourth-order valence-corrected chi connectivity index (χ4v) is 3.20. The van der Waals surface area contributed by atoms with Crippen molar-refractivity contribution in [1.29, 1.82) is 0 Å². The molecule has 0 amide bonds. The minimum Gasteiger partial charge on any atom is -0.406 e. The van der Waals surface area contributed by atoms with E-state index in [0.717, 1.165) is 6.07 Å². The van der Waals surface area contributed by atoms with Crippen LogP contribution in [0.4, 0.5) is 30.6 Å². The average Bonchev–Trinajstić information content (AvgIpc) is 2.76. The Morgan fingerprint density at radius 1 is 1.00 bits per heavy atom. The summed E-state index contributed by atoms with van der Waals surface area (Å²) in [5.41, 5.74) is 6.64. The molecule has 3 rings (SSSR count). The van der Waals surface area contributed by atoms with Crippen LogP contribution in [0.3, 0.4) is 0 Å². The number of nitrogens with one attached hydrogen (secondary N) is 3. The van der Waals surface area contributed by atoms with Crippen LogP contribution in [0.15, 0.2) is 59.5 Å². The van der Waals surface area contributed by atoms with Crippen LogP contribution in [-0.2, 0) is 10.1 Å². The van der Waals surface area contributed by atoms with E-state index in [0.29, 0.717) is 24.2 Å². The van der Waals surface area contributed by atoms with E-state index in [1.807, 2.05) is 0 Å². The summed E-state index contributed by atoms with van der Waals surface area (Å²) in [4.78, 5) is 8.28. The maximum atomic E-state index is 12.6. The van der Waals surface area contributed by atoms with Gasteiger partial charge < -0.3 is 15.2 Å². The van der Waals surface area contributed by atoms with Gasteiger partial charge in [0.25, 0.3) is 10.1 Å². The van der Waals surface area contributed by atoms with Crippen LogP contribution in [-0.4, -0.2) is 47.6 Å². The second kappa shape index (κ2) is 10.5. The fraction of sp³-hybridized carbons (Fsp3) is 0.200. The van der Waals surface area contributed by atoms with E-state index in [1.54, 1.807) is 6.07 Å². The molecule has 2 aromatic carbocycles. The molecule has 0 aliphatic heterocycles. The van der Waals surface area contributed by atoms with Gasteiger partial charge in [-0.25, -0.2) is 4.98 Å². The summed E-state index contributed by atoms with van der Waals surface area (Å²) in [5.74, 6) is -0.0263. The van der Waals surface area contributed by atoms with Gasteiger partial charge in [-0.05, 0) is 42.8 Å². The van der Waals surface area contributed by atoms with Crippen molar-refractivity contribution in [3.63, 3.8) is 0 Å². The van der Waals surface area contributed by atoms with E-state index in [1.165, 1.54) is 42.5 Å². The normalized spacial score (nSPS) is 11.7. The highest BCUT2D eigenvalue weighted by molar-refractivity contribution is 7.85. The molecule has 0 radical (unpaired) electrons. The van der Waals surface area contributed by atoms with Gasteiger partial charge in [0.2, 0.25) is 5.95 Å². The molecule has 0 saturated carbocycles. The minimum absolute atomic E-state index is 0.0598. The first-order chi connectivity index (χ1) is 16.0. The number of alkyl halides is 3. The Kier molecular flexibility index (Phi) is 7.75. The first kappa shape index (κ1) is 25.0. The van der Waals surface area contributed by atoms with Gasteiger partial charge in [-0.1, -0.05) is 12.1 Å². The van der Waals surface area contributed by atoms with E-state index >= 15 is 0 Å². The van der Waals surface area contributed by atoms with Crippen LogP contribution < -0.4 is 20.9 Å². The lowest BCUT2D eigenvalue weighted by atomic mass is 10.1. The largest absolute Gasteiger partial charge is 0.573 e. The number of rotatable bonds is 10. The van der Waals surface area contributed by atoms with Gasteiger partial charge in [-0.15, -0.1) is 13.2 Å². The zero-order valence-electron chi connectivity index (χ0n) is 17.4. The molecule has 0 unspecified atom stereocenters. The van der Waals surface area contributed by atoms with E-state index in [9.17, 15) is 21.6 Å². The van der Waals surface area contributed by atoms with E-state index in [2.05, 4.69) is 30.9 Å². The molecule has 0 aliphatic rings. The highest BCUT2D eigenvalue weighted by Crippen LogP contribution is 2.28. The molecule has 0 aliphatic carbocycles. The third-order valence-corrected chi connectivity index (χ3v) is 5.06. The Balaban J connectivity index is 1.85. The Morgan fingerprint density at radius 2 is 1.74 bits per heavy atom. The number of anilines is 3. The number of nitrogens with zero attached hydrogens (tertiary/aromatic N) is 2. The van der Waals surface area contributed by atoms with Gasteiger partial charge in [0, 0.05) is 24.8 Å². The maximum Gasteiger partial charge on any atom is 0.573 e. The van der Waals surface area contributed by atoms with Crippen molar-refractivity contribution >= 4 is 27.6 Å². The van der Waals surface area contributed by atoms with Crippen molar-refractivity contribution in [2.75, 3.05) is 29.3 Å². The molecule has 0 atom stereocenters. The van der Waals surface area contributed by atoms with Gasteiger partial charge in [-0.2, -0.15) is 13.4 Å². The number of hydrazine groups is 1. The summed E-state index contributed by atoms with van der Waals surface area (Å²) in [7, 11) is -4.33. The molecular weight excluding hydrogens is 479 g/mol. The van der Waals surface area contributed by atoms with Gasteiger partial charge >= 0.3 is 6.36 Å². The zero-order chi connectivity index (χ0) is 24.8. The summed E-state index contributed by atoms with van der Waals surface area (Å²) in [5, 5.41) is 11.9. The van der Waals surface area contributed by atoms with E-state index in [-0.39, 0.29) is 29.0 Å². The Labute approximate surface area is 192 Å². The monoisotopic (exact) mass is 499 g/mol. The van der Waals surface area contributed by atoms with Crippen molar-refractivity contribution in [2.45, 2.75) is 17.7 Å². The van der Waals surface area contributed by atoms with Crippen molar-refractivity contribution in [3.05, 3.63) is 54.6 Å². The summed E-state index contributed by atoms with van der Waals surface area (Å²) in [6.45, 7) is 0.289. The van der Waals surface area contributed by atoms with Crippen molar-refractivity contribution in [2.24, 2.45) is 0 Å². The Morgan fingerprint density at radius 3 is 2.38 bits per heavy atom. The zero-order valence-corrected chi connectivity index (χ0v) is 18.2. The Hall–Kier alpha value is -3.62. The van der Waals surface area contributed by atoms with Gasteiger partial charge in [0.1, 0.15) is 5.75 Å². The number of halogens is 3. The molecule has 0 saturated heterocycles. The average molecular weight is 499 g/mol.